The Kier molecular flexibility index (Phi) is 4.64. The number of phenolic OH excluding ortho intramolecular Hbond substituents is 1. The molecule has 1 aromatic heterocycles. The van der Waals surface area contributed by atoms with Gasteiger partial charge >= 0.3 is 5.97 Å². The van der Waals surface area contributed by atoms with E-state index in [2.05, 4.69) is 4.98 Å². The minimum absolute atomic E-state index is 0.0171. The summed E-state index contributed by atoms with van der Waals surface area (Å²) in [5, 5.41) is 18.3. The number of aromatic hydroxyl groups is 1. The highest BCUT2D eigenvalue weighted by Crippen LogP contribution is 2.40. The predicted octanol–water partition coefficient (Wildman–Crippen LogP) is 4.36. The van der Waals surface area contributed by atoms with Crippen molar-refractivity contribution in [2.45, 2.75) is 4.34 Å². The summed E-state index contributed by atoms with van der Waals surface area (Å²) in [5.74, 6) is -0.681. The van der Waals surface area contributed by atoms with Crippen LogP contribution in [0.1, 0.15) is 0 Å². The number of hydrogen-bond acceptors (Lipinski definition) is 5. The van der Waals surface area contributed by atoms with Crippen LogP contribution in [0.5, 0.6) is 5.75 Å². The largest absolute Gasteiger partial charge is 0.508 e. The number of carboxylic acid groups (broad SMARTS) is 1. The maximum atomic E-state index is 10.8. The summed E-state index contributed by atoms with van der Waals surface area (Å²) in [6.45, 7) is 0. The molecule has 1 heterocycles. The van der Waals surface area contributed by atoms with Crippen LogP contribution in [-0.2, 0) is 4.79 Å². The number of benzene rings is 2. The van der Waals surface area contributed by atoms with E-state index in [1.807, 2.05) is 42.5 Å². The second-order valence-electron chi connectivity index (χ2n) is 4.75. The molecule has 3 aromatic rings. The van der Waals surface area contributed by atoms with Crippen LogP contribution in [0, 0.1) is 0 Å². The average Bonchev–Trinajstić information content (AvgIpc) is 2.99. The van der Waals surface area contributed by atoms with Gasteiger partial charge in [0.25, 0.3) is 0 Å². The molecule has 0 atom stereocenters. The molecule has 0 bridgehead atoms. The van der Waals surface area contributed by atoms with Crippen molar-refractivity contribution in [3.8, 4) is 27.4 Å². The Morgan fingerprint density at radius 1 is 1.04 bits per heavy atom. The zero-order valence-electron chi connectivity index (χ0n) is 12.0. The minimum atomic E-state index is -0.863. The lowest BCUT2D eigenvalue weighted by atomic mass is 10.1. The summed E-state index contributed by atoms with van der Waals surface area (Å²) < 4.78 is 0.717. The number of hydrogen-bond donors (Lipinski definition) is 2. The molecule has 2 aromatic carbocycles. The summed E-state index contributed by atoms with van der Waals surface area (Å²) in [4.78, 5) is 16.4. The Morgan fingerprint density at radius 3 is 2.39 bits per heavy atom. The number of carboxylic acids is 1. The van der Waals surface area contributed by atoms with Crippen LogP contribution in [0.3, 0.4) is 0 Å². The summed E-state index contributed by atoms with van der Waals surface area (Å²) in [5.41, 5.74) is 2.73. The second-order valence-corrected chi connectivity index (χ2v) is 6.97. The van der Waals surface area contributed by atoms with E-state index in [-0.39, 0.29) is 11.5 Å². The molecule has 6 heteroatoms. The number of carbonyl (C=O) groups is 1. The fourth-order valence-corrected chi connectivity index (χ4v) is 3.98. The maximum absolute atomic E-state index is 10.8. The molecular weight excluding hydrogens is 330 g/mol. The van der Waals surface area contributed by atoms with Gasteiger partial charge in [0.15, 0.2) is 4.34 Å². The first-order valence-corrected chi connectivity index (χ1v) is 8.64. The van der Waals surface area contributed by atoms with E-state index < -0.39 is 5.97 Å². The molecule has 0 amide bonds. The fraction of sp³-hybridized carbons (Fsp3) is 0.0588. The molecule has 0 saturated carbocycles. The number of thioether (sulfide) groups is 1. The van der Waals surface area contributed by atoms with E-state index in [9.17, 15) is 9.90 Å². The molecule has 0 unspecified atom stereocenters. The quantitative estimate of drug-likeness (QED) is 0.674. The highest BCUT2D eigenvalue weighted by Gasteiger charge is 2.16. The molecule has 116 valence electrons. The van der Waals surface area contributed by atoms with Gasteiger partial charge in [0.1, 0.15) is 5.75 Å². The zero-order chi connectivity index (χ0) is 16.2. The topological polar surface area (TPSA) is 70.4 Å². The lowest BCUT2D eigenvalue weighted by Gasteiger charge is -2.02. The van der Waals surface area contributed by atoms with Gasteiger partial charge in [0, 0.05) is 5.56 Å². The van der Waals surface area contributed by atoms with E-state index in [1.165, 1.54) is 23.1 Å². The van der Waals surface area contributed by atoms with Gasteiger partial charge in [0.05, 0.1) is 16.3 Å². The van der Waals surface area contributed by atoms with Crippen molar-refractivity contribution >= 4 is 29.1 Å². The Balaban J connectivity index is 2.05. The van der Waals surface area contributed by atoms with Crippen LogP contribution < -0.4 is 0 Å². The summed E-state index contributed by atoms with van der Waals surface area (Å²) >= 11 is 2.69. The zero-order valence-corrected chi connectivity index (χ0v) is 13.6. The Bertz CT molecular complexity index is 814. The molecule has 2 N–H and O–H groups in total. The lowest BCUT2D eigenvalue weighted by Crippen LogP contribution is -1.96. The second kappa shape index (κ2) is 6.85. The molecule has 0 aliphatic heterocycles. The number of thiazole rings is 1. The van der Waals surface area contributed by atoms with Crippen molar-refractivity contribution in [2.24, 2.45) is 0 Å². The van der Waals surface area contributed by atoms with Crippen LogP contribution in [0.15, 0.2) is 58.9 Å². The Labute approximate surface area is 141 Å². The lowest BCUT2D eigenvalue weighted by molar-refractivity contribution is -0.133. The predicted molar refractivity (Wildman–Crippen MR) is 93.0 cm³/mol. The van der Waals surface area contributed by atoms with Crippen molar-refractivity contribution in [1.29, 1.82) is 0 Å². The highest BCUT2D eigenvalue weighted by atomic mass is 32.2. The molecule has 0 spiro atoms. The first kappa shape index (κ1) is 15.6. The van der Waals surface area contributed by atoms with Gasteiger partial charge in [0.2, 0.25) is 0 Å². The Morgan fingerprint density at radius 2 is 1.74 bits per heavy atom. The van der Waals surface area contributed by atoms with Crippen LogP contribution in [0.2, 0.25) is 0 Å². The highest BCUT2D eigenvalue weighted by molar-refractivity contribution is 8.01. The van der Waals surface area contributed by atoms with E-state index in [4.69, 9.17) is 5.11 Å². The van der Waals surface area contributed by atoms with Crippen molar-refractivity contribution in [2.75, 3.05) is 5.75 Å². The number of phenols is 1. The smallest absolute Gasteiger partial charge is 0.313 e. The minimum Gasteiger partial charge on any atom is -0.508 e. The number of nitrogens with zero attached hydrogens (tertiary/aromatic N) is 1. The van der Waals surface area contributed by atoms with E-state index in [1.54, 1.807) is 12.1 Å². The van der Waals surface area contributed by atoms with Gasteiger partial charge < -0.3 is 10.2 Å². The molecule has 4 nitrogen and oxygen atoms in total. The molecule has 3 rings (SSSR count). The average molecular weight is 343 g/mol. The Hall–Kier alpha value is -2.31. The SMILES string of the molecule is O=C(O)CSc1nc(-c2ccc(O)cc2)c(-c2ccccc2)s1. The molecule has 0 fully saturated rings. The third kappa shape index (κ3) is 3.72. The van der Waals surface area contributed by atoms with Crippen molar-refractivity contribution < 1.29 is 15.0 Å². The van der Waals surface area contributed by atoms with Crippen LogP contribution in [0.4, 0.5) is 0 Å². The molecule has 0 saturated heterocycles. The van der Waals surface area contributed by atoms with Crippen molar-refractivity contribution in [3.63, 3.8) is 0 Å². The van der Waals surface area contributed by atoms with E-state index in [0.29, 0.717) is 4.34 Å². The molecule has 0 radical (unpaired) electrons. The summed E-state index contributed by atoms with van der Waals surface area (Å²) in [7, 11) is 0. The monoisotopic (exact) mass is 343 g/mol. The fourth-order valence-electron chi connectivity index (χ4n) is 2.09. The van der Waals surface area contributed by atoms with Gasteiger partial charge in [-0.2, -0.15) is 0 Å². The molecular formula is C17H13NO3S2. The molecule has 23 heavy (non-hydrogen) atoms. The van der Waals surface area contributed by atoms with Crippen molar-refractivity contribution in [1.82, 2.24) is 4.98 Å². The third-order valence-corrected chi connectivity index (χ3v) is 5.34. The van der Waals surface area contributed by atoms with Crippen LogP contribution in [-0.4, -0.2) is 26.9 Å². The van der Waals surface area contributed by atoms with Crippen LogP contribution in [0.25, 0.3) is 21.7 Å². The normalized spacial score (nSPS) is 10.6. The first-order chi connectivity index (χ1) is 11.1. The first-order valence-electron chi connectivity index (χ1n) is 6.84. The summed E-state index contributed by atoms with van der Waals surface area (Å²) in [6.07, 6.45) is 0. The summed E-state index contributed by atoms with van der Waals surface area (Å²) in [6, 6.07) is 16.7. The third-order valence-electron chi connectivity index (χ3n) is 3.10. The van der Waals surface area contributed by atoms with E-state index in [0.717, 1.165) is 21.7 Å². The van der Waals surface area contributed by atoms with Gasteiger partial charge in [-0.1, -0.05) is 42.1 Å². The van der Waals surface area contributed by atoms with E-state index >= 15 is 0 Å². The van der Waals surface area contributed by atoms with Gasteiger partial charge in [-0.05, 0) is 29.8 Å². The standard InChI is InChI=1S/C17H13NO3S2/c19-13-8-6-11(7-9-13)15-16(12-4-2-1-3-5-12)23-17(18-15)22-10-14(20)21/h1-9,19H,10H2,(H,20,21). The number of aliphatic carboxylic acids is 1. The molecule has 0 aliphatic rings. The van der Waals surface area contributed by atoms with Gasteiger partial charge in [-0.3, -0.25) is 4.79 Å². The van der Waals surface area contributed by atoms with Crippen molar-refractivity contribution in [3.05, 3.63) is 54.6 Å². The number of rotatable bonds is 5. The number of aromatic nitrogens is 1. The van der Waals surface area contributed by atoms with Gasteiger partial charge in [-0.15, -0.1) is 11.3 Å². The molecule has 0 aliphatic carbocycles. The van der Waals surface area contributed by atoms with Gasteiger partial charge in [-0.25, -0.2) is 4.98 Å². The maximum Gasteiger partial charge on any atom is 0.313 e. The van der Waals surface area contributed by atoms with Crippen LogP contribution >= 0.6 is 23.1 Å².